The smallest absolute Gasteiger partial charge is 0.326 e. The molecule has 2 fully saturated rings. The molecule has 1 aliphatic carbocycles. The number of ether oxygens (including phenoxy) is 1. The number of rotatable bonds is 6. The summed E-state index contributed by atoms with van der Waals surface area (Å²) in [5.41, 5.74) is 1.18. The van der Waals surface area contributed by atoms with Crippen LogP contribution < -0.4 is 5.32 Å². The number of aryl methyl sites for hydroxylation is 2. The molecular weight excluding hydrogens is 394 g/mol. The number of imide groups is 1. The molecule has 1 aromatic carbocycles. The number of nitro groups is 1. The van der Waals surface area contributed by atoms with Gasteiger partial charge in [-0.3, -0.25) is 34.2 Å². The van der Waals surface area contributed by atoms with E-state index < -0.39 is 30.0 Å². The second-order valence-electron chi connectivity index (χ2n) is 7.68. The van der Waals surface area contributed by atoms with Crippen molar-refractivity contribution in [3.8, 4) is 0 Å². The molecule has 0 radical (unpaired) electrons. The van der Waals surface area contributed by atoms with Crippen LogP contribution in [-0.4, -0.2) is 46.7 Å². The number of esters is 1. The summed E-state index contributed by atoms with van der Waals surface area (Å²) in [4.78, 5) is 60.4. The molecule has 1 N–H and O–H groups in total. The second kappa shape index (κ2) is 8.60. The molecule has 0 aromatic heterocycles. The van der Waals surface area contributed by atoms with Crippen LogP contribution in [0.2, 0.25) is 0 Å². The van der Waals surface area contributed by atoms with E-state index in [0.717, 1.165) is 23.3 Å². The lowest BCUT2D eigenvalue weighted by Gasteiger charge is -2.19. The van der Waals surface area contributed by atoms with E-state index in [-0.39, 0.29) is 35.0 Å². The van der Waals surface area contributed by atoms with Gasteiger partial charge in [0.05, 0.1) is 16.8 Å². The SMILES string of the molecule is Cc1cc(NC(=O)COC(=O)CN2C(=O)[C@H]3CCCC[C@@H]3C2=O)c([N+](=O)[O-])cc1C. The van der Waals surface area contributed by atoms with Gasteiger partial charge < -0.3 is 10.1 Å². The number of nitrogens with one attached hydrogen (secondary N) is 1. The minimum Gasteiger partial charge on any atom is -0.454 e. The number of carbonyl (C=O) groups excluding carboxylic acids is 4. The number of amides is 3. The fourth-order valence-corrected chi connectivity index (χ4v) is 3.95. The van der Waals surface area contributed by atoms with Gasteiger partial charge >= 0.3 is 5.97 Å². The normalized spacial score (nSPS) is 20.7. The maximum Gasteiger partial charge on any atom is 0.326 e. The molecule has 1 saturated heterocycles. The molecular formula is C20H23N3O7. The number of hydrogen-bond donors (Lipinski definition) is 1. The van der Waals surface area contributed by atoms with Crippen molar-refractivity contribution >= 4 is 35.1 Å². The van der Waals surface area contributed by atoms with Crippen LogP contribution in [-0.2, 0) is 23.9 Å². The molecule has 1 aromatic rings. The van der Waals surface area contributed by atoms with Crippen LogP contribution in [0.4, 0.5) is 11.4 Å². The summed E-state index contributed by atoms with van der Waals surface area (Å²) in [6, 6.07) is 2.82. The first-order chi connectivity index (χ1) is 14.2. The zero-order valence-electron chi connectivity index (χ0n) is 16.8. The Kier molecular flexibility index (Phi) is 6.14. The highest BCUT2D eigenvalue weighted by Gasteiger charge is 2.48. The highest BCUT2D eigenvalue weighted by Crippen LogP contribution is 2.37. The standard InChI is InChI=1S/C20H23N3O7/c1-11-7-15(16(23(28)29)8-12(11)2)21-17(24)10-30-18(25)9-22-19(26)13-5-3-4-6-14(13)20(22)27/h7-8,13-14H,3-6,9-10H2,1-2H3,(H,21,24)/t13-,14-/m0/s1. The van der Waals surface area contributed by atoms with Gasteiger partial charge in [0, 0.05) is 6.07 Å². The summed E-state index contributed by atoms with van der Waals surface area (Å²) < 4.78 is 4.88. The van der Waals surface area contributed by atoms with Gasteiger partial charge in [0.1, 0.15) is 12.2 Å². The first-order valence-electron chi connectivity index (χ1n) is 9.75. The van der Waals surface area contributed by atoms with E-state index in [1.807, 2.05) is 0 Å². The minimum atomic E-state index is -0.889. The first-order valence-corrected chi connectivity index (χ1v) is 9.75. The monoisotopic (exact) mass is 417 g/mol. The summed E-state index contributed by atoms with van der Waals surface area (Å²) in [7, 11) is 0. The lowest BCUT2D eigenvalue weighted by atomic mass is 9.81. The molecule has 2 aliphatic rings. The molecule has 10 heteroatoms. The predicted molar refractivity (Wildman–Crippen MR) is 104 cm³/mol. The average molecular weight is 417 g/mol. The largest absolute Gasteiger partial charge is 0.454 e. The summed E-state index contributed by atoms with van der Waals surface area (Å²) in [6.07, 6.45) is 3.03. The molecule has 10 nitrogen and oxygen atoms in total. The zero-order chi connectivity index (χ0) is 22.0. The third-order valence-electron chi connectivity index (χ3n) is 5.67. The van der Waals surface area contributed by atoms with Crippen molar-refractivity contribution in [2.45, 2.75) is 39.5 Å². The van der Waals surface area contributed by atoms with Gasteiger partial charge in [0.2, 0.25) is 11.8 Å². The van der Waals surface area contributed by atoms with E-state index in [1.165, 1.54) is 12.1 Å². The number of nitrogens with zero attached hydrogens (tertiary/aromatic N) is 2. The number of likely N-dealkylation sites (tertiary alicyclic amines) is 1. The molecule has 3 amide bonds. The molecule has 2 atom stereocenters. The Morgan fingerprint density at radius 3 is 2.27 bits per heavy atom. The molecule has 0 unspecified atom stereocenters. The van der Waals surface area contributed by atoms with E-state index in [9.17, 15) is 29.3 Å². The third-order valence-corrected chi connectivity index (χ3v) is 5.67. The molecule has 160 valence electrons. The van der Waals surface area contributed by atoms with Gasteiger partial charge in [-0.1, -0.05) is 12.8 Å². The summed E-state index contributed by atoms with van der Waals surface area (Å²) >= 11 is 0. The molecule has 30 heavy (non-hydrogen) atoms. The number of carbonyl (C=O) groups is 4. The summed E-state index contributed by atoms with van der Waals surface area (Å²) in [5, 5.41) is 13.6. The highest BCUT2D eigenvalue weighted by molar-refractivity contribution is 6.07. The Morgan fingerprint density at radius 2 is 1.70 bits per heavy atom. The molecule has 0 bridgehead atoms. The van der Waals surface area contributed by atoms with Crippen LogP contribution in [0.3, 0.4) is 0 Å². The Morgan fingerprint density at radius 1 is 1.13 bits per heavy atom. The van der Waals surface area contributed by atoms with Crippen molar-refractivity contribution < 1.29 is 28.8 Å². The molecule has 1 heterocycles. The lowest BCUT2D eigenvalue weighted by molar-refractivity contribution is -0.384. The van der Waals surface area contributed by atoms with Crippen molar-refractivity contribution in [1.82, 2.24) is 4.90 Å². The number of nitro benzene ring substituents is 1. The Labute approximate surface area is 172 Å². The van der Waals surface area contributed by atoms with E-state index in [1.54, 1.807) is 13.8 Å². The fourth-order valence-electron chi connectivity index (χ4n) is 3.95. The van der Waals surface area contributed by atoms with E-state index in [0.29, 0.717) is 18.4 Å². The van der Waals surface area contributed by atoms with E-state index in [2.05, 4.69) is 5.32 Å². The molecule has 1 aliphatic heterocycles. The number of benzene rings is 1. The maximum atomic E-state index is 12.4. The van der Waals surface area contributed by atoms with Gasteiger partial charge in [-0.15, -0.1) is 0 Å². The van der Waals surface area contributed by atoms with Crippen LogP contribution >= 0.6 is 0 Å². The third kappa shape index (κ3) is 4.32. The zero-order valence-corrected chi connectivity index (χ0v) is 16.8. The quantitative estimate of drug-likeness (QED) is 0.323. The van der Waals surface area contributed by atoms with E-state index in [4.69, 9.17) is 4.74 Å². The minimum absolute atomic E-state index is 0.00174. The predicted octanol–water partition coefficient (Wildman–Crippen LogP) is 1.87. The lowest BCUT2D eigenvalue weighted by Crippen LogP contribution is -2.37. The Bertz CT molecular complexity index is 903. The van der Waals surface area contributed by atoms with Crippen LogP contribution in [0.5, 0.6) is 0 Å². The summed E-state index contributed by atoms with van der Waals surface area (Å²) in [6.45, 7) is 2.23. The first kappa shape index (κ1) is 21.4. The van der Waals surface area contributed by atoms with Gasteiger partial charge in [-0.2, -0.15) is 0 Å². The second-order valence-corrected chi connectivity index (χ2v) is 7.68. The fraction of sp³-hybridized carbons (Fsp3) is 0.500. The van der Waals surface area contributed by atoms with Crippen molar-refractivity contribution in [2.75, 3.05) is 18.5 Å². The summed E-state index contributed by atoms with van der Waals surface area (Å²) in [5.74, 6) is -3.11. The van der Waals surface area contributed by atoms with Crippen LogP contribution in [0.1, 0.15) is 36.8 Å². The molecule has 3 rings (SSSR count). The molecule has 1 saturated carbocycles. The molecule has 0 spiro atoms. The average Bonchev–Trinajstić information content (AvgIpc) is 2.94. The van der Waals surface area contributed by atoms with Gasteiger partial charge in [0.15, 0.2) is 6.61 Å². The highest BCUT2D eigenvalue weighted by atomic mass is 16.6. The van der Waals surface area contributed by atoms with Gasteiger partial charge in [-0.25, -0.2) is 0 Å². The van der Waals surface area contributed by atoms with Crippen molar-refractivity contribution in [3.63, 3.8) is 0 Å². The number of hydrogen-bond acceptors (Lipinski definition) is 7. The number of fused-ring (bicyclic) bond motifs is 1. The van der Waals surface area contributed by atoms with Crippen molar-refractivity contribution in [1.29, 1.82) is 0 Å². The topological polar surface area (TPSA) is 136 Å². The maximum absolute atomic E-state index is 12.4. The van der Waals surface area contributed by atoms with Crippen LogP contribution in [0.15, 0.2) is 12.1 Å². The Balaban J connectivity index is 1.56. The van der Waals surface area contributed by atoms with Gasteiger partial charge in [0.25, 0.3) is 11.6 Å². The number of anilines is 1. The van der Waals surface area contributed by atoms with Crippen molar-refractivity contribution in [2.24, 2.45) is 11.8 Å². The van der Waals surface area contributed by atoms with Gasteiger partial charge in [-0.05, 0) is 43.9 Å². The van der Waals surface area contributed by atoms with Crippen LogP contribution in [0, 0.1) is 35.8 Å². The van der Waals surface area contributed by atoms with E-state index >= 15 is 0 Å². The Hall–Kier alpha value is -3.30. The van der Waals surface area contributed by atoms with Crippen molar-refractivity contribution in [3.05, 3.63) is 33.4 Å². The van der Waals surface area contributed by atoms with Crippen LogP contribution in [0.25, 0.3) is 0 Å².